The van der Waals surface area contributed by atoms with Crippen molar-refractivity contribution in [3.8, 4) is 23.3 Å². The molecule has 2 aromatic carbocycles. The molecule has 8 aromatic rings. The van der Waals surface area contributed by atoms with E-state index >= 15 is 0 Å². The molecule has 0 radical (unpaired) electrons. The lowest BCUT2D eigenvalue weighted by Gasteiger charge is -2.20. The molecule has 0 spiro atoms. The van der Waals surface area contributed by atoms with E-state index in [0.29, 0.717) is 47.2 Å². The number of anilines is 4. The Morgan fingerprint density at radius 3 is 1.06 bits per heavy atom. The van der Waals surface area contributed by atoms with Crippen LogP contribution in [-0.4, -0.2) is 128 Å². The summed E-state index contributed by atoms with van der Waals surface area (Å²) in [7, 11) is 0. The largest absolute Gasteiger partial charge is 0.480 e. The molecule has 32 heteroatoms. The van der Waals surface area contributed by atoms with Crippen LogP contribution in [0.15, 0.2) is 137 Å². The number of hydrogen-bond donors (Lipinski definition) is 8. The van der Waals surface area contributed by atoms with Crippen molar-refractivity contribution in [2.75, 3.05) is 49.4 Å². The van der Waals surface area contributed by atoms with Crippen LogP contribution >= 0.6 is 0 Å². The van der Waals surface area contributed by atoms with Crippen molar-refractivity contribution < 1.29 is 83.9 Å². The number of aromatic nitrogens is 6. The van der Waals surface area contributed by atoms with Crippen LogP contribution in [0.5, 0.6) is 23.3 Å². The Morgan fingerprint density at radius 2 is 0.739 bits per heavy atom. The summed E-state index contributed by atoms with van der Waals surface area (Å²) in [6.07, 6.45) is 24.7. The number of ether oxygens (including phenoxy) is 4. The lowest BCUT2D eigenvalue weighted by atomic mass is 10.0. The third kappa shape index (κ3) is 26.5. The van der Waals surface area contributed by atoms with E-state index in [9.17, 15) is 55.9 Å². The Labute approximate surface area is 638 Å². The second-order valence-electron chi connectivity index (χ2n) is 27.6. The van der Waals surface area contributed by atoms with Crippen molar-refractivity contribution in [3.63, 3.8) is 0 Å². The number of carbonyl (C=O) groups is 8. The van der Waals surface area contributed by atoms with Gasteiger partial charge in [-0.2, -0.15) is 0 Å². The van der Waals surface area contributed by atoms with Gasteiger partial charge in [-0.3, -0.25) is 38.4 Å². The summed E-state index contributed by atoms with van der Waals surface area (Å²) < 4.78 is 85.8. The first-order valence-electron chi connectivity index (χ1n) is 36.9. The van der Waals surface area contributed by atoms with Crippen LogP contribution < -0.4 is 63.1 Å². The first-order chi connectivity index (χ1) is 53.5. The molecule has 590 valence electrons. The maximum atomic E-state index is 14.2. The molecule has 4 fully saturated rings. The Bertz CT molecular complexity index is 4350. The first-order valence-corrected chi connectivity index (χ1v) is 36.9. The van der Waals surface area contributed by atoms with Gasteiger partial charge in [0.1, 0.15) is 49.0 Å². The Balaban J connectivity index is 0.000000170. The average molecular weight is 1540 g/mol. The van der Waals surface area contributed by atoms with Gasteiger partial charge in [-0.15, -0.1) is 0 Å². The molecule has 28 nitrogen and oxygen atoms in total. The fourth-order valence-electron chi connectivity index (χ4n) is 13.1. The van der Waals surface area contributed by atoms with Crippen LogP contribution in [0.4, 0.5) is 40.8 Å². The highest BCUT2D eigenvalue weighted by atomic mass is 19.1. The quantitative estimate of drug-likeness (QED) is 0.0182. The SMILES string of the molecule is Cc1ccc(F)c(OCC(=O)C(Cc2ccnc(N)c2)NC(=O)C2CCCC2)c1F.Nc1cc(CC(NC(=O)C2CCCC2)C(=O)COc2ccon2)ccn1.Nc1ccc(CC(NC(=O)C2CCCC2)C(=O)COc2c(F)cccc2F)cn1.Nc1ccc(CC(NC(=O)C2CCCC2)C(=O)COc2ccon2)cn1. The summed E-state index contributed by atoms with van der Waals surface area (Å²) in [6, 6.07) is 19.0. The van der Waals surface area contributed by atoms with E-state index in [2.05, 4.69) is 60.6 Å². The number of nitrogens with two attached hydrogens (primary N) is 4. The molecule has 4 aliphatic rings. The van der Waals surface area contributed by atoms with Crippen molar-refractivity contribution in [3.05, 3.63) is 179 Å². The number of ketones is 4. The summed E-state index contributed by atoms with van der Waals surface area (Å²) >= 11 is 0. The fraction of sp³-hybridized carbons (Fsp3) is 0.418. The second-order valence-corrected chi connectivity index (χ2v) is 27.6. The Kier molecular flexibility index (Phi) is 31.6. The number of para-hydroxylation sites is 1. The molecule has 4 amide bonds. The van der Waals surface area contributed by atoms with E-state index in [1.165, 1.54) is 56.1 Å². The van der Waals surface area contributed by atoms with Crippen LogP contribution in [-0.2, 0) is 64.0 Å². The third-order valence-corrected chi connectivity index (χ3v) is 19.3. The summed E-state index contributed by atoms with van der Waals surface area (Å²) in [5.74, 6) is -5.19. The van der Waals surface area contributed by atoms with Crippen molar-refractivity contribution in [1.82, 2.24) is 51.5 Å². The Hall–Kier alpha value is -11.9. The summed E-state index contributed by atoms with van der Waals surface area (Å²) in [5, 5.41) is 18.5. The lowest BCUT2D eigenvalue weighted by Crippen LogP contribution is -2.46. The minimum atomic E-state index is -0.907. The minimum absolute atomic E-state index is 0.0219. The first kappa shape index (κ1) is 83.2. The van der Waals surface area contributed by atoms with Gasteiger partial charge in [0, 0.05) is 86.3 Å². The molecule has 0 saturated heterocycles. The van der Waals surface area contributed by atoms with Gasteiger partial charge in [0.15, 0.2) is 71.1 Å². The van der Waals surface area contributed by atoms with Gasteiger partial charge < -0.3 is 72.2 Å². The van der Waals surface area contributed by atoms with E-state index in [-0.39, 0.29) is 102 Å². The molecule has 6 aromatic heterocycles. The molecular formula is C79H92F4N14O14. The molecular weight excluding hydrogens is 1440 g/mol. The number of nitrogens with one attached hydrogen (secondary N) is 4. The van der Waals surface area contributed by atoms with Crippen molar-refractivity contribution in [2.45, 2.75) is 160 Å². The number of aryl methyl sites for hydroxylation is 1. The fourth-order valence-corrected chi connectivity index (χ4v) is 13.1. The van der Waals surface area contributed by atoms with Gasteiger partial charge in [-0.1, -0.05) is 75.6 Å². The molecule has 12 rings (SSSR count). The Morgan fingerprint density at radius 1 is 0.405 bits per heavy atom. The van der Waals surface area contributed by atoms with Crippen molar-refractivity contribution in [2.24, 2.45) is 23.7 Å². The zero-order valence-corrected chi connectivity index (χ0v) is 61.4. The predicted molar refractivity (Wildman–Crippen MR) is 397 cm³/mol. The molecule has 0 aliphatic heterocycles. The number of nitrogen functional groups attached to an aromatic ring is 4. The van der Waals surface area contributed by atoms with Crippen molar-refractivity contribution >= 4 is 70.0 Å². The molecule has 0 bridgehead atoms. The van der Waals surface area contributed by atoms with Crippen LogP contribution in [0.1, 0.15) is 131 Å². The van der Waals surface area contributed by atoms with E-state index in [1.54, 1.807) is 60.9 Å². The topological polar surface area (TPSA) is 429 Å². The lowest BCUT2D eigenvalue weighted by molar-refractivity contribution is -0.131. The number of halogens is 4. The zero-order valence-electron chi connectivity index (χ0n) is 61.4. The number of Topliss-reactive ketones (excluding diaryl/α,β-unsaturated/α-hetero) is 4. The monoisotopic (exact) mass is 1540 g/mol. The van der Waals surface area contributed by atoms with Gasteiger partial charge in [0.25, 0.3) is 11.8 Å². The summed E-state index contributed by atoms with van der Waals surface area (Å²) in [6.45, 7) is -0.0848. The highest BCUT2D eigenvalue weighted by Gasteiger charge is 2.33. The summed E-state index contributed by atoms with van der Waals surface area (Å²) in [5.41, 5.74) is 25.8. The number of benzene rings is 2. The number of amides is 4. The molecule has 6 heterocycles. The highest BCUT2D eigenvalue weighted by Crippen LogP contribution is 2.30. The zero-order chi connectivity index (χ0) is 79.2. The van der Waals surface area contributed by atoms with Gasteiger partial charge in [-0.25, -0.2) is 37.5 Å². The normalized spacial score (nSPS) is 15.3. The highest BCUT2D eigenvalue weighted by molar-refractivity contribution is 5.93. The van der Waals surface area contributed by atoms with E-state index in [4.69, 9.17) is 41.9 Å². The molecule has 111 heavy (non-hydrogen) atoms. The average Bonchev–Trinajstić information content (AvgIpc) is 1.63. The number of rotatable bonds is 32. The van der Waals surface area contributed by atoms with E-state index in [1.807, 2.05) is 0 Å². The van der Waals surface area contributed by atoms with Crippen LogP contribution in [0.3, 0.4) is 0 Å². The molecule has 4 atom stereocenters. The number of carbonyl (C=O) groups excluding carboxylic acids is 8. The molecule has 12 N–H and O–H groups in total. The number of hydrogen-bond acceptors (Lipinski definition) is 24. The van der Waals surface area contributed by atoms with Gasteiger partial charge in [0.2, 0.25) is 23.6 Å². The maximum absolute atomic E-state index is 14.2. The third-order valence-electron chi connectivity index (χ3n) is 19.3. The van der Waals surface area contributed by atoms with Crippen molar-refractivity contribution in [1.29, 1.82) is 0 Å². The van der Waals surface area contributed by atoms with Gasteiger partial charge >= 0.3 is 0 Å². The van der Waals surface area contributed by atoms with Crippen LogP contribution in [0.2, 0.25) is 0 Å². The molecule has 4 aliphatic carbocycles. The molecule has 4 saturated carbocycles. The summed E-state index contributed by atoms with van der Waals surface area (Å²) in [4.78, 5) is 117. The van der Waals surface area contributed by atoms with Crippen LogP contribution in [0.25, 0.3) is 0 Å². The predicted octanol–water partition coefficient (Wildman–Crippen LogP) is 8.96. The van der Waals surface area contributed by atoms with Gasteiger partial charge in [0.05, 0.1) is 24.2 Å². The smallest absolute Gasteiger partial charge is 0.254 e. The van der Waals surface area contributed by atoms with Crippen LogP contribution in [0, 0.1) is 53.9 Å². The van der Waals surface area contributed by atoms with E-state index < -0.39 is 83.7 Å². The number of pyridine rings is 4. The molecule has 4 unspecified atom stereocenters. The second kappa shape index (κ2) is 42.2. The van der Waals surface area contributed by atoms with E-state index in [0.717, 1.165) is 132 Å². The van der Waals surface area contributed by atoms with Gasteiger partial charge in [-0.05, 0) is 151 Å². The maximum Gasteiger partial charge on any atom is 0.254 e. The number of nitrogens with zero attached hydrogens (tertiary/aromatic N) is 6. The standard InChI is InChI=1S/C22H25F2N3O3.C21H23F2N3O3.2C18H22N4O4/c1-13-6-7-16(23)21(20(13)24)30-12-18(28)17(10-14-8-9-26-19(25)11-14)27-22(29)15-4-2-3-5-15;22-15-6-3-7-16(23)20(15)29-12-18(27)17(10-13-8-9-19(24)25-11-13)26-21(28)14-4-1-2-5-14;19-16-10-12(5-7-20-16)9-14(21-18(24)13-3-1-2-4-13)15(23)11-25-17-6-8-26-22-17;19-16-6-5-12(10-20-16)9-14(21-18(24)13-3-1-2-4-13)15(23)11-25-17-7-8-26-22-17/h6-9,11,15,17H,2-5,10,12H2,1H3,(H2,25,26)(H,27,29);3,6-9,11,14,17H,1-2,4-5,10,12H2,(H2,24,25)(H,26,28);2*5-8,10,13-14H,1-4,9,11H2,(H2,19,20)(H,21,24). The minimum Gasteiger partial charge on any atom is -0.480 e.